The van der Waals surface area contributed by atoms with Gasteiger partial charge in [0.2, 0.25) is 0 Å². The molecule has 0 saturated carbocycles. The second kappa shape index (κ2) is 8.86. The first kappa shape index (κ1) is 23.4. The van der Waals surface area contributed by atoms with E-state index in [4.69, 9.17) is 11.6 Å². The monoisotopic (exact) mass is 495 g/mol. The lowest BCUT2D eigenvalue weighted by molar-refractivity contribution is -0.141. The van der Waals surface area contributed by atoms with E-state index >= 15 is 0 Å². The molecular formula is C23H12ClF6N3O. The van der Waals surface area contributed by atoms with Crippen molar-refractivity contribution in [1.29, 1.82) is 0 Å². The average molecular weight is 496 g/mol. The van der Waals surface area contributed by atoms with Crippen LogP contribution in [0.25, 0.3) is 16.9 Å². The summed E-state index contributed by atoms with van der Waals surface area (Å²) < 4.78 is 81.3. The molecule has 0 atom stereocenters. The zero-order chi connectivity index (χ0) is 24.6. The Hall–Kier alpha value is -3.79. The summed E-state index contributed by atoms with van der Waals surface area (Å²) in [5.74, 6) is -4.77. The minimum Gasteiger partial charge on any atom is -0.319 e. The van der Waals surface area contributed by atoms with Crippen LogP contribution < -0.4 is 5.32 Å². The third kappa shape index (κ3) is 4.62. The van der Waals surface area contributed by atoms with Crippen molar-refractivity contribution in [2.24, 2.45) is 0 Å². The number of nitrogens with one attached hydrogen (secondary N) is 1. The number of halogens is 7. The molecule has 11 heteroatoms. The van der Waals surface area contributed by atoms with Gasteiger partial charge in [-0.25, -0.2) is 17.9 Å². The molecule has 4 aromatic rings. The molecule has 4 rings (SSSR count). The fraction of sp³-hybridized carbons (Fsp3) is 0.0435. The first-order valence-electron chi connectivity index (χ1n) is 9.53. The topological polar surface area (TPSA) is 46.9 Å². The van der Waals surface area contributed by atoms with Crippen molar-refractivity contribution in [3.63, 3.8) is 0 Å². The molecule has 0 aliphatic rings. The number of nitrogens with zero attached hydrogens (tertiary/aromatic N) is 2. The fourth-order valence-corrected chi connectivity index (χ4v) is 3.35. The number of aromatic nitrogens is 2. The van der Waals surface area contributed by atoms with Crippen LogP contribution in [0.4, 0.5) is 32.0 Å². The van der Waals surface area contributed by atoms with Crippen LogP contribution >= 0.6 is 11.6 Å². The van der Waals surface area contributed by atoms with Gasteiger partial charge in [0.1, 0.15) is 5.82 Å². The van der Waals surface area contributed by atoms with E-state index in [-0.39, 0.29) is 27.5 Å². The molecule has 1 aromatic heterocycles. The molecule has 1 N–H and O–H groups in total. The summed E-state index contributed by atoms with van der Waals surface area (Å²) in [6, 6.07) is 13.1. The number of amides is 1. The maximum absolute atomic E-state index is 13.8. The highest BCUT2D eigenvalue weighted by Gasteiger charge is 2.35. The third-order valence-corrected chi connectivity index (χ3v) is 5.10. The van der Waals surface area contributed by atoms with Crippen LogP contribution in [0.5, 0.6) is 0 Å². The lowest BCUT2D eigenvalue weighted by Gasteiger charge is -2.10. The highest BCUT2D eigenvalue weighted by atomic mass is 35.5. The Morgan fingerprint density at radius 3 is 2.18 bits per heavy atom. The maximum atomic E-state index is 13.8. The number of carbonyl (C=O) groups is 1. The van der Waals surface area contributed by atoms with Gasteiger partial charge in [0.15, 0.2) is 17.3 Å². The van der Waals surface area contributed by atoms with Gasteiger partial charge in [-0.2, -0.15) is 18.3 Å². The summed E-state index contributed by atoms with van der Waals surface area (Å²) in [5, 5.41) is 5.94. The number of benzene rings is 3. The van der Waals surface area contributed by atoms with E-state index < -0.39 is 40.9 Å². The van der Waals surface area contributed by atoms with Crippen LogP contribution in [0.15, 0.2) is 66.7 Å². The summed E-state index contributed by atoms with van der Waals surface area (Å²) in [5.41, 5.74) is -1.17. The summed E-state index contributed by atoms with van der Waals surface area (Å²) in [6.45, 7) is 0. The SMILES string of the molecule is O=C(Nc1cc(F)c(F)cc1F)c1ccc(-c2cc(C(F)(F)F)nn2-c2ccccc2Cl)cc1. The number of hydrogen-bond acceptors (Lipinski definition) is 2. The Bertz CT molecular complexity index is 1380. The van der Waals surface area contributed by atoms with Gasteiger partial charge in [0.25, 0.3) is 5.91 Å². The molecule has 0 bridgehead atoms. The molecule has 0 fully saturated rings. The number of carbonyl (C=O) groups excluding carboxylic acids is 1. The van der Waals surface area contributed by atoms with Gasteiger partial charge in [-0.05, 0) is 30.3 Å². The second-order valence-electron chi connectivity index (χ2n) is 7.05. The molecule has 0 unspecified atom stereocenters. The van der Waals surface area contributed by atoms with Gasteiger partial charge in [0.05, 0.1) is 22.1 Å². The van der Waals surface area contributed by atoms with Crippen LogP contribution in [0.1, 0.15) is 16.1 Å². The van der Waals surface area contributed by atoms with Crippen LogP contribution in [0.2, 0.25) is 5.02 Å². The van der Waals surface area contributed by atoms with Crippen LogP contribution in [-0.2, 0) is 6.18 Å². The Morgan fingerprint density at radius 1 is 0.882 bits per heavy atom. The predicted octanol–water partition coefficient (Wildman–Crippen LogP) is 6.88. The van der Waals surface area contributed by atoms with Crippen molar-refractivity contribution in [3.8, 4) is 16.9 Å². The molecule has 0 aliphatic carbocycles. The number of rotatable bonds is 4. The van der Waals surface area contributed by atoms with E-state index in [1.165, 1.54) is 36.4 Å². The lowest BCUT2D eigenvalue weighted by atomic mass is 10.1. The minimum absolute atomic E-state index is 0.00673. The Balaban J connectivity index is 1.68. The van der Waals surface area contributed by atoms with Gasteiger partial charge in [-0.15, -0.1) is 0 Å². The molecule has 1 heterocycles. The molecule has 3 aromatic carbocycles. The summed E-state index contributed by atoms with van der Waals surface area (Å²) in [4.78, 5) is 12.4. The van der Waals surface area contributed by atoms with Gasteiger partial charge >= 0.3 is 6.18 Å². The molecule has 174 valence electrons. The smallest absolute Gasteiger partial charge is 0.319 e. The predicted molar refractivity (Wildman–Crippen MR) is 113 cm³/mol. The third-order valence-electron chi connectivity index (χ3n) is 4.78. The molecule has 0 spiro atoms. The van der Waals surface area contributed by atoms with E-state index in [1.807, 2.05) is 0 Å². The normalized spacial score (nSPS) is 11.5. The molecule has 0 radical (unpaired) electrons. The zero-order valence-electron chi connectivity index (χ0n) is 16.8. The van der Waals surface area contributed by atoms with Crippen molar-refractivity contribution in [3.05, 3.63) is 100 Å². The molecular weight excluding hydrogens is 484 g/mol. The van der Waals surface area contributed by atoms with Crippen molar-refractivity contribution in [2.75, 3.05) is 5.32 Å². The maximum Gasteiger partial charge on any atom is 0.435 e. The van der Waals surface area contributed by atoms with E-state index in [2.05, 4.69) is 10.4 Å². The Kier molecular flexibility index (Phi) is 6.09. The fourth-order valence-electron chi connectivity index (χ4n) is 3.14. The van der Waals surface area contributed by atoms with Gasteiger partial charge < -0.3 is 5.32 Å². The zero-order valence-corrected chi connectivity index (χ0v) is 17.6. The first-order chi connectivity index (χ1) is 16.0. The lowest BCUT2D eigenvalue weighted by Crippen LogP contribution is -2.13. The minimum atomic E-state index is -4.71. The van der Waals surface area contributed by atoms with Gasteiger partial charge in [0, 0.05) is 23.3 Å². The van der Waals surface area contributed by atoms with Crippen molar-refractivity contribution >= 4 is 23.2 Å². The van der Waals surface area contributed by atoms with E-state index in [9.17, 15) is 31.1 Å². The standard InChI is InChI=1S/C23H12ClF6N3O/c24-14-3-1-2-4-19(14)33-20(11-21(32-33)23(28,29)30)12-5-7-13(8-6-12)22(34)31-18-10-16(26)15(25)9-17(18)27/h1-11H,(H,31,34). The molecule has 1 amide bonds. The first-order valence-corrected chi connectivity index (χ1v) is 9.91. The number of anilines is 1. The summed E-state index contributed by atoms with van der Waals surface area (Å²) >= 11 is 6.14. The molecule has 34 heavy (non-hydrogen) atoms. The van der Waals surface area contributed by atoms with Gasteiger partial charge in [-0.3, -0.25) is 4.79 Å². The van der Waals surface area contributed by atoms with E-state index in [0.717, 1.165) is 10.7 Å². The van der Waals surface area contributed by atoms with E-state index in [1.54, 1.807) is 12.1 Å². The van der Waals surface area contributed by atoms with Crippen molar-refractivity contribution < 1.29 is 31.1 Å². The largest absolute Gasteiger partial charge is 0.435 e. The Morgan fingerprint density at radius 2 is 1.53 bits per heavy atom. The summed E-state index contributed by atoms with van der Waals surface area (Å²) in [6.07, 6.45) is -4.71. The quantitative estimate of drug-likeness (QED) is 0.248. The summed E-state index contributed by atoms with van der Waals surface area (Å²) in [7, 11) is 0. The Labute approximate surface area is 193 Å². The molecule has 4 nitrogen and oxygen atoms in total. The van der Waals surface area contributed by atoms with Crippen LogP contribution in [0.3, 0.4) is 0 Å². The number of para-hydroxylation sites is 1. The number of alkyl halides is 3. The van der Waals surface area contributed by atoms with E-state index in [0.29, 0.717) is 12.1 Å². The molecule has 0 saturated heterocycles. The highest BCUT2D eigenvalue weighted by molar-refractivity contribution is 6.32. The van der Waals surface area contributed by atoms with Crippen molar-refractivity contribution in [1.82, 2.24) is 9.78 Å². The van der Waals surface area contributed by atoms with Gasteiger partial charge in [-0.1, -0.05) is 35.9 Å². The number of hydrogen-bond donors (Lipinski definition) is 1. The molecule has 0 aliphatic heterocycles. The van der Waals surface area contributed by atoms with Crippen LogP contribution in [0, 0.1) is 17.5 Å². The van der Waals surface area contributed by atoms with Crippen LogP contribution in [-0.4, -0.2) is 15.7 Å². The average Bonchev–Trinajstić information content (AvgIpc) is 3.24. The second-order valence-corrected chi connectivity index (χ2v) is 7.46. The highest BCUT2D eigenvalue weighted by Crippen LogP contribution is 2.34. The van der Waals surface area contributed by atoms with Crippen molar-refractivity contribution in [2.45, 2.75) is 6.18 Å².